The average Bonchev–Trinajstić information content (AvgIpc) is 3.87. The molecule has 3 aromatic heterocycles. The smallest absolute Gasteiger partial charge is 0.268 e. The van der Waals surface area contributed by atoms with E-state index in [1.807, 2.05) is 31.6 Å². The highest BCUT2D eigenvalue weighted by Gasteiger charge is 2.27. The largest absolute Gasteiger partial charge is 0.388 e. The minimum absolute atomic E-state index is 0.0213. The molecule has 2 aromatic carbocycles. The van der Waals surface area contributed by atoms with Crippen LogP contribution in [0.4, 0.5) is 11.4 Å². The first-order valence-electron chi connectivity index (χ1n) is 19.3. The van der Waals surface area contributed by atoms with Crippen LogP contribution in [0, 0.1) is 11.8 Å². The van der Waals surface area contributed by atoms with Gasteiger partial charge in [0.2, 0.25) is 0 Å². The number of nitrogens with one attached hydrogen (secondary N) is 1. The van der Waals surface area contributed by atoms with E-state index in [1.54, 1.807) is 4.90 Å². The lowest BCUT2D eigenvalue weighted by Crippen LogP contribution is -2.25. The van der Waals surface area contributed by atoms with Crippen LogP contribution in [0.3, 0.4) is 0 Å². The molecule has 5 aromatic rings. The van der Waals surface area contributed by atoms with E-state index in [2.05, 4.69) is 92.4 Å². The molecule has 2 aliphatic rings. The van der Waals surface area contributed by atoms with Crippen LogP contribution in [0.25, 0.3) is 22.1 Å². The molecule has 51 heavy (non-hydrogen) atoms. The van der Waals surface area contributed by atoms with E-state index in [4.69, 9.17) is 9.97 Å². The Hall–Kier alpha value is -3.65. The summed E-state index contributed by atoms with van der Waals surface area (Å²) in [6.07, 6.45) is 13.7. The molecule has 0 aliphatic heterocycles. The third-order valence-corrected chi connectivity index (χ3v) is 11.7. The SMILES string of the molecule is CN(C(=O)c1cccs1)c1ccc2c(c1)nc(C(C)(C)C)n2CC1CCCCC1.CNc1ccc2c(c1)nc(C(C)(C)C)n2CC1CCCCC1. The van der Waals surface area contributed by atoms with E-state index < -0.39 is 0 Å². The maximum absolute atomic E-state index is 12.7. The predicted octanol–water partition coefficient (Wildman–Crippen LogP) is 11.2. The fourth-order valence-electron chi connectivity index (χ4n) is 8.07. The zero-order valence-corrected chi connectivity index (χ0v) is 33.2. The molecule has 2 saturated carbocycles. The molecule has 0 radical (unpaired) electrons. The highest BCUT2D eigenvalue weighted by Crippen LogP contribution is 2.34. The van der Waals surface area contributed by atoms with Crippen LogP contribution in [0.15, 0.2) is 53.9 Å². The molecule has 1 amide bonds. The first kappa shape index (κ1) is 37.1. The number of thiophene rings is 1. The van der Waals surface area contributed by atoms with Crippen LogP contribution in [0.5, 0.6) is 0 Å². The van der Waals surface area contributed by atoms with Crippen molar-refractivity contribution in [3.8, 4) is 0 Å². The Balaban J connectivity index is 0.000000183. The van der Waals surface area contributed by atoms with Gasteiger partial charge >= 0.3 is 0 Å². The minimum atomic E-state index is -0.0213. The van der Waals surface area contributed by atoms with Crippen molar-refractivity contribution in [3.05, 3.63) is 70.4 Å². The van der Waals surface area contributed by atoms with E-state index in [1.165, 1.54) is 92.4 Å². The summed E-state index contributed by atoms with van der Waals surface area (Å²) < 4.78 is 4.93. The van der Waals surface area contributed by atoms with Crippen LogP contribution in [0.2, 0.25) is 0 Å². The molecule has 0 unspecified atom stereocenters. The molecular formula is C43H60N6OS. The minimum Gasteiger partial charge on any atom is -0.388 e. The predicted molar refractivity (Wildman–Crippen MR) is 217 cm³/mol. The summed E-state index contributed by atoms with van der Waals surface area (Å²) in [6.45, 7) is 15.7. The molecule has 2 aliphatic carbocycles. The van der Waals surface area contributed by atoms with Crippen molar-refractivity contribution >= 4 is 50.7 Å². The number of nitrogens with zero attached hydrogens (tertiary/aromatic N) is 5. The average molecular weight is 709 g/mol. The van der Waals surface area contributed by atoms with Gasteiger partial charge in [0.05, 0.1) is 26.9 Å². The van der Waals surface area contributed by atoms with Gasteiger partial charge in [-0.1, -0.05) is 86.1 Å². The fraction of sp³-hybridized carbons (Fsp3) is 0.558. The van der Waals surface area contributed by atoms with Crippen molar-refractivity contribution in [2.24, 2.45) is 11.8 Å². The number of carbonyl (C=O) groups is 1. The number of aromatic nitrogens is 4. The maximum Gasteiger partial charge on any atom is 0.268 e. The highest BCUT2D eigenvalue weighted by molar-refractivity contribution is 7.12. The van der Waals surface area contributed by atoms with Gasteiger partial charge < -0.3 is 19.4 Å². The summed E-state index contributed by atoms with van der Waals surface area (Å²) in [7, 11) is 3.80. The number of fused-ring (bicyclic) bond motifs is 2. The van der Waals surface area contributed by atoms with Crippen molar-refractivity contribution < 1.29 is 4.79 Å². The Bertz CT molecular complexity index is 1910. The molecule has 1 N–H and O–H groups in total. The number of amides is 1. The second-order valence-corrected chi connectivity index (χ2v) is 18.0. The lowest BCUT2D eigenvalue weighted by molar-refractivity contribution is 0.0997. The van der Waals surface area contributed by atoms with Crippen LogP contribution in [-0.4, -0.2) is 39.1 Å². The van der Waals surface area contributed by atoms with Crippen molar-refractivity contribution in [2.45, 2.75) is 130 Å². The topological polar surface area (TPSA) is 68.0 Å². The van der Waals surface area contributed by atoms with Crippen LogP contribution in [0.1, 0.15) is 127 Å². The van der Waals surface area contributed by atoms with Crippen LogP contribution < -0.4 is 10.2 Å². The Kier molecular flexibility index (Phi) is 11.3. The second kappa shape index (κ2) is 15.5. The lowest BCUT2D eigenvalue weighted by Gasteiger charge is -2.26. The zero-order valence-electron chi connectivity index (χ0n) is 32.4. The second-order valence-electron chi connectivity index (χ2n) is 17.1. The molecule has 8 heteroatoms. The monoisotopic (exact) mass is 708 g/mol. The summed E-state index contributed by atoms with van der Waals surface area (Å²) in [6, 6.07) is 16.6. The number of imidazole rings is 2. The number of hydrogen-bond donors (Lipinski definition) is 1. The molecule has 0 spiro atoms. The maximum atomic E-state index is 12.7. The lowest BCUT2D eigenvalue weighted by atomic mass is 9.88. The van der Waals surface area contributed by atoms with Gasteiger partial charge in [0.15, 0.2) is 0 Å². The molecule has 7 rings (SSSR count). The van der Waals surface area contributed by atoms with Gasteiger partial charge in [-0.15, -0.1) is 11.3 Å². The summed E-state index contributed by atoms with van der Waals surface area (Å²) in [5.41, 5.74) is 6.64. The summed E-state index contributed by atoms with van der Waals surface area (Å²) >= 11 is 1.48. The van der Waals surface area contributed by atoms with Gasteiger partial charge in [0.1, 0.15) is 11.6 Å². The molecule has 2 fully saturated rings. The molecule has 0 atom stereocenters. The van der Waals surface area contributed by atoms with E-state index >= 15 is 0 Å². The van der Waals surface area contributed by atoms with Gasteiger partial charge in [-0.2, -0.15) is 0 Å². The fourth-order valence-corrected chi connectivity index (χ4v) is 8.76. The Labute approximate surface area is 309 Å². The van der Waals surface area contributed by atoms with E-state index in [9.17, 15) is 4.79 Å². The Morgan fingerprint density at radius 3 is 1.75 bits per heavy atom. The number of benzene rings is 2. The standard InChI is InChI=1S/C24H31N3OS.C19H29N3/c1-24(2,3)23-25-19-15-18(26(4)22(28)21-11-8-14-29-21)12-13-20(19)27(23)16-17-9-6-5-7-10-17;1-19(2,3)18-21-16-12-15(20-4)10-11-17(16)22(18)13-14-8-6-5-7-9-14/h8,11-15,17H,5-7,9-10,16H2,1-4H3;10-12,14,20H,5-9,13H2,1-4H3. The molecular weight excluding hydrogens is 649 g/mol. The molecule has 3 heterocycles. The zero-order chi connectivity index (χ0) is 36.3. The van der Waals surface area contributed by atoms with Gasteiger partial charge in [-0.3, -0.25) is 4.79 Å². The highest BCUT2D eigenvalue weighted by atomic mass is 32.1. The van der Waals surface area contributed by atoms with Gasteiger partial charge in [-0.05, 0) is 85.4 Å². The van der Waals surface area contributed by atoms with Gasteiger partial charge in [0.25, 0.3) is 5.91 Å². The summed E-state index contributed by atoms with van der Waals surface area (Å²) in [4.78, 5) is 25.3. The number of rotatable bonds is 7. The third kappa shape index (κ3) is 8.54. The van der Waals surface area contributed by atoms with Crippen molar-refractivity contribution in [1.29, 1.82) is 0 Å². The number of anilines is 2. The van der Waals surface area contributed by atoms with Gasteiger partial charge in [-0.25, -0.2) is 9.97 Å². The molecule has 0 saturated heterocycles. The van der Waals surface area contributed by atoms with Crippen molar-refractivity contribution in [2.75, 3.05) is 24.3 Å². The first-order chi connectivity index (χ1) is 24.3. The Morgan fingerprint density at radius 2 is 1.27 bits per heavy atom. The van der Waals surface area contributed by atoms with E-state index in [0.717, 1.165) is 58.0 Å². The summed E-state index contributed by atoms with van der Waals surface area (Å²) in [5, 5.41) is 5.16. The van der Waals surface area contributed by atoms with Crippen LogP contribution >= 0.6 is 11.3 Å². The number of carbonyl (C=O) groups excluding carboxylic acids is 1. The van der Waals surface area contributed by atoms with Crippen molar-refractivity contribution in [1.82, 2.24) is 19.1 Å². The Morgan fingerprint density at radius 1 is 0.765 bits per heavy atom. The quantitative estimate of drug-likeness (QED) is 0.183. The normalized spacial score (nSPS) is 16.3. The van der Waals surface area contributed by atoms with E-state index in [0.29, 0.717) is 0 Å². The molecule has 0 bridgehead atoms. The van der Waals surface area contributed by atoms with Crippen molar-refractivity contribution in [3.63, 3.8) is 0 Å². The first-order valence-corrected chi connectivity index (χ1v) is 20.2. The molecule has 274 valence electrons. The summed E-state index contributed by atoms with van der Waals surface area (Å²) in [5.74, 6) is 3.95. The molecule has 7 nitrogen and oxygen atoms in total. The van der Waals surface area contributed by atoms with Gasteiger partial charge in [0, 0.05) is 49.4 Å². The number of hydrogen-bond acceptors (Lipinski definition) is 5. The van der Waals surface area contributed by atoms with E-state index in [-0.39, 0.29) is 16.7 Å². The third-order valence-electron chi connectivity index (χ3n) is 10.9. The van der Waals surface area contributed by atoms with Crippen LogP contribution in [-0.2, 0) is 23.9 Å².